The Kier molecular flexibility index (Phi) is 4.18. The van der Waals surface area contributed by atoms with Crippen LogP contribution in [0.2, 0.25) is 0 Å². The lowest BCUT2D eigenvalue weighted by molar-refractivity contribution is 0.437. The lowest BCUT2D eigenvalue weighted by atomic mass is 9.95. The molecule has 0 saturated carbocycles. The van der Waals surface area contributed by atoms with Gasteiger partial charge in [-0.05, 0) is 35.0 Å². The van der Waals surface area contributed by atoms with Gasteiger partial charge in [-0.15, -0.1) is 0 Å². The number of anilines is 1. The molecule has 0 aliphatic heterocycles. The molecule has 0 atom stereocenters. The number of nitrogens with two attached hydrogens (primary N) is 1. The van der Waals surface area contributed by atoms with Crippen LogP contribution in [0.15, 0.2) is 22.7 Å². The van der Waals surface area contributed by atoms with Crippen LogP contribution in [0.3, 0.4) is 0 Å². The monoisotopic (exact) mass is 353 g/mol. The average molecular weight is 354 g/mol. The van der Waals surface area contributed by atoms with Gasteiger partial charge in [0.25, 0.3) is 0 Å². The SMILES string of the molecule is Cc1c(N)nc(C(C)(C)C)nc1Oc1cc(F)ccc1Br. The van der Waals surface area contributed by atoms with Crippen LogP contribution in [0.5, 0.6) is 11.6 Å². The van der Waals surface area contributed by atoms with Crippen LogP contribution in [0, 0.1) is 12.7 Å². The van der Waals surface area contributed by atoms with Gasteiger partial charge in [-0.3, -0.25) is 0 Å². The molecule has 2 aromatic rings. The Labute approximate surface area is 131 Å². The second-order valence-corrected chi connectivity index (χ2v) is 6.64. The minimum Gasteiger partial charge on any atom is -0.437 e. The van der Waals surface area contributed by atoms with Gasteiger partial charge in [0, 0.05) is 11.5 Å². The van der Waals surface area contributed by atoms with Gasteiger partial charge in [0.1, 0.15) is 23.2 Å². The van der Waals surface area contributed by atoms with Crippen molar-refractivity contribution >= 4 is 21.7 Å². The van der Waals surface area contributed by atoms with E-state index in [1.54, 1.807) is 13.0 Å². The second kappa shape index (κ2) is 5.60. The molecule has 112 valence electrons. The van der Waals surface area contributed by atoms with Crippen LogP contribution >= 0.6 is 15.9 Å². The molecule has 4 nitrogen and oxygen atoms in total. The topological polar surface area (TPSA) is 61.0 Å². The van der Waals surface area contributed by atoms with Crippen LogP contribution in [-0.4, -0.2) is 9.97 Å². The van der Waals surface area contributed by atoms with Crippen molar-refractivity contribution in [3.63, 3.8) is 0 Å². The molecule has 0 fully saturated rings. The quantitative estimate of drug-likeness (QED) is 0.871. The van der Waals surface area contributed by atoms with Crippen LogP contribution in [0.1, 0.15) is 32.2 Å². The zero-order chi connectivity index (χ0) is 15.8. The average Bonchev–Trinajstić information content (AvgIpc) is 2.37. The van der Waals surface area contributed by atoms with Gasteiger partial charge in [0.15, 0.2) is 0 Å². The molecule has 0 radical (unpaired) electrons. The Morgan fingerprint density at radius 2 is 1.90 bits per heavy atom. The van der Waals surface area contributed by atoms with Gasteiger partial charge < -0.3 is 10.5 Å². The van der Waals surface area contributed by atoms with Gasteiger partial charge >= 0.3 is 0 Å². The smallest absolute Gasteiger partial charge is 0.227 e. The van der Waals surface area contributed by atoms with Crippen molar-refractivity contribution in [2.45, 2.75) is 33.1 Å². The lowest BCUT2D eigenvalue weighted by Gasteiger charge is -2.19. The van der Waals surface area contributed by atoms with E-state index in [4.69, 9.17) is 10.5 Å². The number of halogens is 2. The third kappa shape index (κ3) is 3.50. The van der Waals surface area contributed by atoms with E-state index in [1.807, 2.05) is 20.8 Å². The summed E-state index contributed by atoms with van der Waals surface area (Å²) in [6.45, 7) is 7.72. The molecule has 0 aliphatic carbocycles. The van der Waals surface area contributed by atoms with Crippen molar-refractivity contribution in [3.8, 4) is 11.6 Å². The standard InChI is InChI=1S/C15H17BrFN3O/c1-8-12(18)19-14(15(2,3)4)20-13(8)21-11-7-9(17)5-6-10(11)16/h5-7H,1-4H3,(H2,18,19,20). The second-order valence-electron chi connectivity index (χ2n) is 5.79. The molecule has 0 spiro atoms. The normalized spacial score (nSPS) is 11.5. The molecule has 0 bridgehead atoms. The largest absolute Gasteiger partial charge is 0.437 e. The molecule has 1 heterocycles. The Morgan fingerprint density at radius 1 is 1.24 bits per heavy atom. The molecular weight excluding hydrogens is 337 g/mol. The Morgan fingerprint density at radius 3 is 2.52 bits per heavy atom. The first-order chi connectivity index (χ1) is 9.68. The van der Waals surface area contributed by atoms with Gasteiger partial charge in [-0.25, -0.2) is 9.37 Å². The van der Waals surface area contributed by atoms with Crippen molar-refractivity contribution in [3.05, 3.63) is 39.9 Å². The maximum absolute atomic E-state index is 13.3. The van der Waals surface area contributed by atoms with Crippen LogP contribution in [0.4, 0.5) is 10.2 Å². The summed E-state index contributed by atoms with van der Waals surface area (Å²) < 4.78 is 19.7. The number of ether oxygens (including phenoxy) is 1. The fourth-order valence-corrected chi connectivity index (χ4v) is 1.93. The van der Waals surface area contributed by atoms with Crippen molar-refractivity contribution in [1.29, 1.82) is 0 Å². The van der Waals surface area contributed by atoms with E-state index in [0.29, 0.717) is 33.3 Å². The van der Waals surface area contributed by atoms with Crippen molar-refractivity contribution in [2.75, 3.05) is 5.73 Å². The predicted molar refractivity (Wildman–Crippen MR) is 84.1 cm³/mol. The fraction of sp³-hybridized carbons (Fsp3) is 0.333. The Bertz CT molecular complexity index is 683. The highest BCUT2D eigenvalue weighted by atomic mass is 79.9. The maximum Gasteiger partial charge on any atom is 0.227 e. The molecule has 1 aromatic heterocycles. The number of nitrogens with zero attached hydrogens (tertiary/aromatic N) is 2. The third-order valence-corrected chi connectivity index (χ3v) is 3.56. The van der Waals surface area contributed by atoms with Crippen molar-refractivity contribution in [1.82, 2.24) is 9.97 Å². The zero-order valence-electron chi connectivity index (χ0n) is 12.4. The highest BCUT2D eigenvalue weighted by Gasteiger charge is 2.21. The first-order valence-electron chi connectivity index (χ1n) is 6.46. The van der Waals surface area contributed by atoms with Gasteiger partial charge in [-0.1, -0.05) is 20.8 Å². The van der Waals surface area contributed by atoms with Crippen molar-refractivity contribution < 1.29 is 9.13 Å². The van der Waals surface area contributed by atoms with Gasteiger partial charge in [-0.2, -0.15) is 4.98 Å². The first kappa shape index (κ1) is 15.7. The first-order valence-corrected chi connectivity index (χ1v) is 7.25. The van der Waals surface area contributed by atoms with E-state index in [1.165, 1.54) is 12.1 Å². The summed E-state index contributed by atoms with van der Waals surface area (Å²) in [4.78, 5) is 8.70. The molecule has 0 aliphatic rings. The third-order valence-electron chi connectivity index (χ3n) is 2.91. The molecule has 2 rings (SSSR count). The summed E-state index contributed by atoms with van der Waals surface area (Å²) in [6.07, 6.45) is 0. The summed E-state index contributed by atoms with van der Waals surface area (Å²) >= 11 is 3.32. The molecule has 6 heteroatoms. The van der Waals surface area contributed by atoms with Crippen molar-refractivity contribution in [2.24, 2.45) is 0 Å². The number of rotatable bonds is 2. The minimum atomic E-state index is -0.385. The minimum absolute atomic E-state index is 0.265. The van der Waals surface area contributed by atoms with E-state index < -0.39 is 0 Å². The fourth-order valence-electron chi connectivity index (χ4n) is 1.61. The number of aromatic nitrogens is 2. The number of nitrogen functional groups attached to an aromatic ring is 1. The van der Waals surface area contributed by atoms with E-state index in [9.17, 15) is 4.39 Å². The van der Waals surface area contributed by atoms with Crippen LogP contribution < -0.4 is 10.5 Å². The highest BCUT2D eigenvalue weighted by Crippen LogP contribution is 2.33. The van der Waals surface area contributed by atoms with Gasteiger partial charge in [0.2, 0.25) is 5.88 Å². The summed E-state index contributed by atoms with van der Waals surface area (Å²) in [6, 6.07) is 4.21. The van der Waals surface area contributed by atoms with E-state index in [2.05, 4.69) is 25.9 Å². The molecule has 21 heavy (non-hydrogen) atoms. The zero-order valence-corrected chi connectivity index (χ0v) is 14.0. The maximum atomic E-state index is 13.3. The Balaban J connectivity index is 2.49. The molecular formula is C15H17BrFN3O. The van der Waals surface area contributed by atoms with E-state index >= 15 is 0 Å². The Hall–Kier alpha value is -1.69. The summed E-state index contributed by atoms with van der Waals surface area (Å²) in [5.41, 5.74) is 6.28. The van der Waals surface area contributed by atoms with Gasteiger partial charge in [0.05, 0.1) is 10.0 Å². The number of benzene rings is 1. The molecule has 0 amide bonds. The number of hydrogen-bond acceptors (Lipinski definition) is 4. The lowest BCUT2D eigenvalue weighted by Crippen LogP contribution is -2.18. The summed E-state index contributed by atoms with van der Waals surface area (Å²) in [5, 5.41) is 0. The molecule has 2 N–H and O–H groups in total. The van der Waals surface area contributed by atoms with Crippen LogP contribution in [-0.2, 0) is 5.41 Å². The summed E-state index contributed by atoms with van der Waals surface area (Å²) in [5.74, 6) is 1.23. The number of hydrogen-bond donors (Lipinski definition) is 1. The van der Waals surface area contributed by atoms with Crippen LogP contribution in [0.25, 0.3) is 0 Å². The summed E-state index contributed by atoms with van der Waals surface area (Å²) in [7, 11) is 0. The molecule has 1 aromatic carbocycles. The highest BCUT2D eigenvalue weighted by molar-refractivity contribution is 9.10. The molecule has 0 unspecified atom stereocenters. The van der Waals surface area contributed by atoms with E-state index in [-0.39, 0.29) is 11.2 Å². The molecule has 0 saturated heterocycles. The predicted octanol–water partition coefficient (Wildman–Crippen LogP) is 4.36. The van der Waals surface area contributed by atoms with E-state index in [0.717, 1.165) is 0 Å².